The normalized spacial score (nSPS) is 14.6. The summed E-state index contributed by atoms with van der Waals surface area (Å²) in [6.45, 7) is 2.13. The molecule has 146 valence electrons. The second kappa shape index (κ2) is 8.89. The molecule has 28 heavy (non-hydrogen) atoms. The number of anilines is 1. The van der Waals surface area contributed by atoms with Crippen molar-refractivity contribution >= 4 is 35.1 Å². The first-order valence-electron chi connectivity index (χ1n) is 9.06. The molecule has 2 aromatic rings. The molecule has 1 saturated heterocycles. The Morgan fingerprint density at radius 1 is 1.21 bits per heavy atom. The molecule has 0 aliphatic carbocycles. The minimum Gasteiger partial charge on any atom is -0.452 e. The Hall–Kier alpha value is -2.86. The van der Waals surface area contributed by atoms with Crippen molar-refractivity contribution in [3.8, 4) is 0 Å². The molecule has 7 heteroatoms. The maximum Gasteiger partial charge on any atom is 0.338 e. The summed E-state index contributed by atoms with van der Waals surface area (Å²) in [6.07, 6.45) is 1.39. The number of hydrogen-bond donors (Lipinski definition) is 1. The number of rotatable bonds is 6. The van der Waals surface area contributed by atoms with E-state index in [-0.39, 0.29) is 18.6 Å². The molecule has 2 amide bonds. The van der Waals surface area contributed by atoms with Crippen molar-refractivity contribution in [2.45, 2.75) is 25.8 Å². The third-order valence-corrected chi connectivity index (χ3v) is 4.78. The van der Waals surface area contributed by atoms with E-state index in [0.717, 1.165) is 17.7 Å². The first-order chi connectivity index (χ1) is 13.4. The topological polar surface area (TPSA) is 75.7 Å². The van der Waals surface area contributed by atoms with Crippen LogP contribution in [0.5, 0.6) is 0 Å². The van der Waals surface area contributed by atoms with E-state index in [2.05, 4.69) is 5.32 Å². The van der Waals surface area contributed by atoms with Crippen molar-refractivity contribution in [3.05, 3.63) is 64.7 Å². The van der Waals surface area contributed by atoms with Crippen LogP contribution in [0.4, 0.5) is 5.69 Å². The fourth-order valence-corrected chi connectivity index (χ4v) is 3.25. The molecule has 0 radical (unpaired) electrons. The molecule has 0 bridgehead atoms. The van der Waals surface area contributed by atoms with Crippen LogP contribution >= 0.6 is 11.6 Å². The van der Waals surface area contributed by atoms with Crippen LogP contribution < -0.4 is 10.2 Å². The molecule has 1 fully saturated rings. The summed E-state index contributed by atoms with van der Waals surface area (Å²) in [7, 11) is 0. The maximum atomic E-state index is 12.1. The van der Waals surface area contributed by atoms with Crippen LogP contribution in [0.3, 0.4) is 0 Å². The van der Waals surface area contributed by atoms with Crippen molar-refractivity contribution in [1.29, 1.82) is 0 Å². The third-order valence-electron chi connectivity index (χ3n) is 4.55. The molecule has 1 N–H and O–H groups in total. The van der Waals surface area contributed by atoms with Crippen LogP contribution in [0.2, 0.25) is 5.02 Å². The number of amides is 2. The summed E-state index contributed by atoms with van der Waals surface area (Å²) in [5.74, 6) is -0.911. The standard InChI is InChI=1S/C21H21ClN2O4/c1-14(16-4-2-5-17(22)12-16)23-19(25)13-28-21(27)15-7-9-18(10-8-15)24-11-3-6-20(24)26/h2,4-5,7-10,12,14H,3,6,11,13H2,1H3,(H,23,25)/t14-/m1/s1. The van der Waals surface area contributed by atoms with Gasteiger partial charge in [-0.15, -0.1) is 0 Å². The highest BCUT2D eigenvalue weighted by molar-refractivity contribution is 6.30. The van der Waals surface area contributed by atoms with Crippen LogP contribution in [-0.2, 0) is 14.3 Å². The molecule has 0 saturated carbocycles. The number of halogens is 1. The Bertz CT molecular complexity index is 882. The summed E-state index contributed by atoms with van der Waals surface area (Å²) in [4.78, 5) is 37.6. The van der Waals surface area contributed by atoms with Gasteiger partial charge in [0, 0.05) is 23.7 Å². The molecule has 0 unspecified atom stereocenters. The van der Waals surface area contributed by atoms with Gasteiger partial charge in [0.1, 0.15) is 0 Å². The minimum atomic E-state index is -0.593. The zero-order valence-corrected chi connectivity index (χ0v) is 16.2. The van der Waals surface area contributed by atoms with Gasteiger partial charge >= 0.3 is 5.97 Å². The summed E-state index contributed by atoms with van der Waals surface area (Å²) >= 11 is 5.95. The van der Waals surface area contributed by atoms with Gasteiger partial charge in [0.25, 0.3) is 5.91 Å². The number of esters is 1. The smallest absolute Gasteiger partial charge is 0.338 e. The minimum absolute atomic E-state index is 0.0841. The average molecular weight is 401 g/mol. The van der Waals surface area contributed by atoms with Gasteiger partial charge in [-0.05, 0) is 55.3 Å². The molecule has 6 nitrogen and oxygen atoms in total. The summed E-state index contributed by atoms with van der Waals surface area (Å²) in [6, 6.07) is 13.5. The number of benzene rings is 2. The predicted molar refractivity (Wildman–Crippen MR) is 106 cm³/mol. The second-order valence-corrected chi connectivity index (χ2v) is 7.05. The fraction of sp³-hybridized carbons (Fsp3) is 0.286. The Morgan fingerprint density at radius 3 is 2.61 bits per heavy atom. The van der Waals surface area contributed by atoms with Crippen molar-refractivity contribution < 1.29 is 19.1 Å². The van der Waals surface area contributed by atoms with Gasteiger partial charge in [-0.1, -0.05) is 23.7 Å². The highest BCUT2D eigenvalue weighted by Gasteiger charge is 2.22. The van der Waals surface area contributed by atoms with Crippen LogP contribution in [0.25, 0.3) is 0 Å². The lowest BCUT2D eigenvalue weighted by atomic mass is 10.1. The fourth-order valence-electron chi connectivity index (χ4n) is 3.06. The number of nitrogens with zero attached hydrogens (tertiary/aromatic N) is 1. The summed E-state index contributed by atoms with van der Waals surface area (Å²) in [5, 5.41) is 3.35. The van der Waals surface area contributed by atoms with Crippen molar-refractivity contribution in [2.24, 2.45) is 0 Å². The van der Waals surface area contributed by atoms with E-state index in [4.69, 9.17) is 16.3 Å². The van der Waals surface area contributed by atoms with Gasteiger partial charge in [-0.2, -0.15) is 0 Å². The Balaban J connectivity index is 1.50. The number of nitrogens with one attached hydrogen (secondary N) is 1. The first kappa shape index (κ1) is 19.9. The predicted octanol–water partition coefficient (Wildman–Crippen LogP) is 3.50. The quantitative estimate of drug-likeness (QED) is 0.753. The molecule has 2 aromatic carbocycles. The van der Waals surface area contributed by atoms with Crippen molar-refractivity contribution in [3.63, 3.8) is 0 Å². The largest absolute Gasteiger partial charge is 0.452 e. The van der Waals surface area contributed by atoms with Gasteiger partial charge < -0.3 is 15.0 Å². The van der Waals surface area contributed by atoms with Gasteiger partial charge in [0.2, 0.25) is 5.91 Å². The number of carbonyl (C=O) groups excluding carboxylic acids is 3. The van der Waals surface area contributed by atoms with E-state index < -0.39 is 11.9 Å². The van der Waals surface area contributed by atoms with E-state index >= 15 is 0 Å². The summed E-state index contributed by atoms with van der Waals surface area (Å²) in [5.41, 5.74) is 1.94. The number of carbonyl (C=O) groups is 3. The van der Waals surface area contributed by atoms with E-state index in [9.17, 15) is 14.4 Å². The van der Waals surface area contributed by atoms with Gasteiger partial charge in [0.15, 0.2) is 6.61 Å². The third kappa shape index (κ3) is 4.89. The summed E-state index contributed by atoms with van der Waals surface area (Å²) < 4.78 is 5.08. The first-order valence-corrected chi connectivity index (χ1v) is 9.44. The molecule has 1 heterocycles. The Labute approximate surface area is 168 Å². The zero-order chi connectivity index (χ0) is 20.1. The lowest BCUT2D eigenvalue weighted by Crippen LogP contribution is -2.31. The number of ether oxygens (including phenoxy) is 1. The highest BCUT2D eigenvalue weighted by Crippen LogP contribution is 2.22. The molecule has 1 atom stereocenters. The maximum absolute atomic E-state index is 12.1. The van der Waals surface area contributed by atoms with Crippen molar-refractivity contribution in [1.82, 2.24) is 5.32 Å². The highest BCUT2D eigenvalue weighted by atomic mass is 35.5. The van der Waals surface area contributed by atoms with Crippen molar-refractivity contribution in [2.75, 3.05) is 18.1 Å². The van der Waals surface area contributed by atoms with Crippen LogP contribution in [0, 0.1) is 0 Å². The van der Waals surface area contributed by atoms with Crippen LogP contribution in [-0.4, -0.2) is 30.9 Å². The Morgan fingerprint density at radius 2 is 1.96 bits per heavy atom. The molecule has 1 aliphatic heterocycles. The van der Waals surface area contributed by atoms with Gasteiger partial charge in [-0.3, -0.25) is 9.59 Å². The van der Waals surface area contributed by atoms with E-state index in [0.29, 0.717) is 23.6 Å². The molecule has 3 rings (SSSR count). The average Bonchev–Trinajstić information content (AvgIpc) is 3.12. The molecule has 0 aromatic heterocycles. The van der Waals surface area contributed by atoms with E-state index in [1.807, 2.05) is 13.0 Å². The molecular formula is C21H21ClN2O4. The zero-order valence-electron chi connectivity index (χ0n) is 15.5. The Kier molecular flexibility index (Phi) is 6.31. The molecule has 1 aliphatic rings. The van der Waals surface area contributed by atoms with E-state index in [1.54, 1.807) is 47.4 Å². The molecule has 0 spiro atoms. The van der Waals surface area contributed by atoms with E-state index in [1.165, 1.54) is 0 Å². The van der Waals surface area contributed by atoms with Crippen LogP contribution in [0.1, 0.15) is 41.7 Å². The SMILES string of the molecule is C[C@@H](NC(=O)COC(=O)c1ccc(N2CCCC2=O)cc1)c1cccc(Cl)c1. The molecular weight excluding hydrogens is 380 g/mol. The lowest BCUT2D eigenvalue weighted by Gasteiger charge is -2.16. The van der Waals surface area contributed by atoms with Crippen LogP contribution in [0.15, 0.2) is 48.5 Å². The van der Waals surface area contributed by atoms with Gasteiger partial charge in [-0.25, -0.2) is 4.79 Å². The second-order valence-electron chi connectivity index (χ2n) is 6.62. The monoisotopic (exact) mass is 400 g/mol. The number of hydrogen-bond acceptors (Lipinski definition) is 4. The lowest BCUT2D eigenvalue weighted by molar-refractivity contribution is -0.124. The van der Waals surface area contributed by atoms with Gasteiger partial charge in [0.05, 0.1) is 11.6 Å².